The van der Waals surface area contributed by atoms with E-state index in [1.165, 1.54) is 4.90 Å². The molecule has 9 heteroatoms. The number of para-hydroxylation sites is 1. The van der Waals surface area contributed by atoms with Crippen LogP contribution >= 0.6 is 0 Å². The van der Waals surface area contributed by atoms with Gasteiger partial charge >= 0.3 is 5.97 Å². The zero-order chi connectivity index (χ0) is 26.0. The van der Waals surface area contributed by atoms with Crippen molar-refractivity contribution in [2.24, 2.45) is 5.92 Å². The second-order valence-corrected chi connectivity index (χ2v) is 9.50. The number of fused-ring (bicyclic) bond motifs is 1. The molecule has 4 aromatic rings. The van der Waals surface area contributed by atoms with Gasteiger partial charge in [0.25, 0.3) is 5.91 Å². The molecule has 186 valence electrons. The molecule has 8 nitrogen and oxygen atoms in total. The monoisotopic (exact) mass is 505 g/mol. The van der Waals surface area contributed by atoms with E-state index in [9.17, 15) is 23.5 Å². The van der Waals surface area contributed by atoms with Crippen LogP contribution in [0.4, 0.5) is 11.4 Å². The second kappa shape index (κ2) is 10.3. The fraction of sp³-hybridized carbons (Fsp3) is 0.185. The van der Waals surface area contributed by atoms with E-state index in [2.05, 4.69) is 0 Å². The van der Waals surface area contributed by atoms with Gasteiger partial charge in [0.2, 0.25) is 0 Å². The van der Waals surface area contributed by atoms with Crippen molar-refractivity contribution in [3.63, 3.8) is 0 Å². The maximum Gasteiger partial charge on any atom is 0.327 e. The molecule has 0 aliphatic rings. The first-order valence-electron chi connectivity index (χ1n) is 11.3. The average Bonchev–Trinajstić information content (AvgIpc) is 3.30. The van der Waals surface area contributed by atoms with Gasteiger partial charge in [0.1, 0.15) is 11.6 Å². The van der Waals surface area contributed by atoms with Crippen molar-refractivity contribution < 1.29 is 27.9 Å². The van der Waals surface area contributed by atoms with Crippen LogP contribution in [0.25, 0.3) is 22.1 Å². The van der Waals surface area contributed by atoms with E-state index in [1.807, 2.05) is 48.5 Å². The molecular weight excluding hydrogens is 480 g/mol. The normalized spacial score (nSPS) is 12.9. The van der Waals surface area contributed by atoms with Crippen molar-refractivity contribution in [1.82, 2.24) is 0 Å². The van der Waals surface area contributed by atoms with Crippen molar-refractivity contribution in [3.05, 3.63) is 84.6 Å². The van der Waals surface area contributed by atoms with Crippen LogP contribution in [0.2, 0.25) is 0 Å². The van der Waals surface area contributed by atoms with Gasteiger partial charge in [-0.25, -0.2) is 4.79 Å². The van der Waals surface area contributed by atoms with Crippen molar-refractivity contribution in [2.45, 2.75) is 19.9 Å². The first kappa shape index (κ1) is 25.2. The van der Waals surface area contributed by atoms with Crippen LogP contribution in [0, 0.1) is 5.92 Å². The Morgan fingerprint density at radius 2 is 1.47 bits per heavy atom. The lowest BCUT2D eigenvalue weighted by atomic mass is 10.0. The van der Waals surface area contributed by atoms with Crippen molar-refractivity contribution in [2.75, 3.05) is 16.3 Å². The van der Waals surface area contributed by atoms with Crippen LogP contribution < -0.4 is 9.21 Å². The smallest absolute Gasteiger partial charge is 0.327 e. The summed E-state index contributed by atoms with van der Waals surface area (Å²) in [6, 6.07) is 21.9. The van der Waals surface area contributed by atoms with Gasteiger partial charge in [-0.2, -0.15) is 0 Å². The zero-order valence-corrected chi connectivity index (χ0v) is 20.8. The summed E-state index contributed by atoms with van der Waals surface area (Å²) in [4.78, 5) is 26.1. The van der Waals surface area contributed by atoms with Crippen LogP contribution in [-0.4, -0.2) is 38.8 Å². The van der Waals surface area contributed by atoms with Gasteiger partial charge in [-0.05, 0) is 53.4 Å². The van der Waals surface area contributed by atoms with Crippen LogP contribution in [0.5, 0.6) is 0 Å². The fourth-order valence-corrected chi connectivity index (χ4v) is 4.86. The Morgan fingerprint density at radius 3 is 1.97 bits per heavy atom. The molecule has 0 fully saturated rings. The van der Waals surface area contributed by atoms with Gasteiger partial charge in [-0.3, -0.25) is 13.3 Å². The van der Waals surface area contributed by atoms with Crippen LogP contribution in [0.1, 0.15) is 24.4 Å². The Morgan fingerprint density at radius 1 is 0.917 bits per heavy atom. The third-order valence-corrected chi connectivity index (χ3v) is 6.71. The van der Waals surface area contributed by atoms with Crippen molar-refractivity contribution in [3.8, 4) is 11.1 Å². The molecule has 3 aromatic carbocycles. The number of carbonyl (C=O) groups is 2. The molecule has 0 bridgehead atoms. The zero-order valence-electron chi connectivity index (χ0n) is 20.0. The summed E-state index contributed by atoms with van der Waals surface area (Å²) >= 11 is -2.75. The minimum atomic E-state index is -2.75. The summed E-state index contributed by atoms with van der Waals surface area (Å²) in [6.07, 6.45) is 0. The van der Waals surface area contributed by atoms with E-state index in [-0.39, 0.29) is 17.4 Å². The lowest BCUT2D eigenvalue weighted by Crippen LogP contribution is -2.45. The molecule has 0 saturated heterocycles. The molecule has 0 saturated carbocycles. The highest BCUT2D eigenvalue weighted by Crippen LogP contribution is 2.29. The van der Waals surface area contributed by atoms with Crippen molar-refractivity contribution in [1.29, 1.82) is 0 Å². The van der Waals surface area contributed by atoms with E-state index >= 15 is 0 Å². The number of anilines is 2. The number of carboxylic acids is 1. The summed E-state index contributed by atoms with van der Waals surface area (Å²) in [5, 5.41) is 10.4. The maximum atomic E-state index is 12.9. The molecule has 0 aliphatic carbocycles. The SMILES string of the molecule is CC(C)C(C(=O)O)N(c1ccc(-c2ccc(N(C)C(=O)c3cc4ccccc4o3)cc2)cc1)S(=O)[O-]. The highest BCUT2D eigenvalue weighted by molar-refractivity contribution is 7.80. The highest BCUT2D eigenvalue weighted by atomic mass is 32.2. The molecule has 0 radical (unpaired) electrons. The molecule has 0 aliphatic heterocycles. The van der Waals surface area contributed by atoms with E-state index in [0.29, 0.717) is 11.3 Å². The second-order valence-electron chi connectivity index (χ2n) is 8.68. The van der Waals surface area contributed by atoms with E-state index < -0.39 is 29.2 Å². The lowest BCUT2D eigenvalue weighted by Gasteiger charge is -2.34. The fourth-order valence-electron chi connectivity index (χ4n) is 4.04. The number of nitrogens with zero attached hydrogens (tertiary/aromatic N) is 2. The van der Waals surface area contributed by atoms with Crippen LogP contribution in [-0.2, 0) is 16.1 Å². The molecule has 1 N–H and O–H groups in total. The Hall–Kier alpha value is -3.95. The minimum absolute atomic E-state index is 0.250. The first-order chi connectivity index (χ1) is 17.2. The van der Waals surface area contributed by atoms with Gasteiger partial charge in [-0.1, -0.05) is 56.3 Å². The van der Waals surface area contributed by atoms with Crippen LogP contribution in [0.15, 0.2) is 83.3 Å². The largest absolute Gasteiger partial charge is 0.755 e. The number of hydrogen-bond acceptors (Lipinski definition) is 5. The Labute approximate surface area is 211 Å². The third kappa shape index (κ3) is 5.02. The Bertz CT molecular complexity index is 1380. The highest BCUT2D eigenvalue weighted by Gasteiger charge is 2.30. The third-order valence-electron chi connectivity index (χ3n) is 5.95. The van der Waals surface area contributed by atoms with Gasteiger partial charge in [0.05, 0.1) is 0 Å². The first-order valence-corrected chi connectivity index (χ1v) is 12.3. The standard InChI is InChI=1S/C27H26N2O6S/c1-17(2)25(27(31)32)29(36(33)34)22-14-10-19(11-15-22)18-8-12-21(13-9-18)28(3)26(30)24-16-20-6-4-5-7-23(20)35-24/h4-17,25H,1-3H3,(H,31,32)(H,33,34)/p-1. The summed E-state index contributed by atoms with van der Waals surface area (Å²) < 4.78 is 30.2. The quantitative estimate of drug-likeness (QED) is 0.334. The maximum absolute atomic E-state index is 12.9. The van der Waals surface area contributed by atoms with Gasteiger partial charge in [0.15, 0.2) is 5.76 Å². The molecule has 0 spiro atoms. The number of amides is 1. The molecule has 2 unspecified atom stereocenters. The molecule has 1 aromatic heterocycles. The summed E-state index contributed by atoms with van der Waals surface area (Å²) in [5.41, 5.74) is 3.25. The number of carboxylic acid groups (broad SMARTS) is 1. The Balaban J connectivity index is 1.53. The number of benzene rings is 3. The number of furan rings is 1. The number of aliphatic carboxylic acids is 1. The molecular formula is C27H25N2O6S-. The van der Waals surface area contributed by atoms with Gasteiger partial charge in [0, 0.05) is 35.1 Å². The molecule has 2 atom stereocenters. The van der Waals surface area contributed by atoms with Gasteiger partial charge < -0.3 is 19.0 Å². The summed E-state index contributed by atoms with van der Waals surface area (Å²) in [7, 11) is 1.67. The molecule has 4 rings (SSSR count). The molecule has 1 amide bonds. The lowest BCUT2D eigenvalue weighted by molar-refractivity contribution is -0.139. The van der Waals surface area contributed by atoms with Crippen molar-refractivity contribution >= 4 is 45.5 Å². The van der Waals surface area contributed by atoms with E-state index in [0.717, 1.165) is 20.8 Å². The molecule has 36 heavy (non-hydrogen) atoms. The topological polar surface area (TPSA) is 114 Å². The van der Waals surface area contributed by atoms with E-state index in [1.54, 1.807) is 51.2 Å². The Kier molecular flexibility index (Phi) is 7.23. The van der Waals surface area contributed by atoms with Gasteiger partial charge in [-0.15, -0.1) is 0 Å². The number of rotatable bonds is 8. The minimum Gasteiger partial charge on any atom is -0.755 e. The number of carbonyl (C=O) groups excluding carboxylic acids is 1. The number of hydrogen-bond donors (Lipinski definition) is 1. The summed E-state index contributed by atoms with van der Waals surface area (Å²) in [6.45, 7) is 3.31. The predicted octanol–water partition coefficient (Wildman–Crippen LogP) is 5.09. The molecule has 1 heterocycles. The summed E-state index contributed by atoms with van der Waals surface area (Å²) in [5.74, 6) is -1.66. The predicted molar refractivity (Wildman–Crippen MR) is 138 cm³/mol. The van der Waals surface area contributed by atoms with Crippen LogP contribution in [0.3, 0.4) is 0 Å². The van der Waals surface area contributed by atoms with E-state index in [4.69, 9.17) is 4.42 Å². The average molecular weight is 506 g/mol.